The number of nitrogens with zero attached hydrogens (tertiary/aromatic N) is 1. The van der Waals surface area contributed by atoms with Crippen molar-refractivity contribution in [2.45, 2.75) is 37.6 Å². The Balaban J connectivity index is 1.65. The van der Waals surface area contributed by atoms with Gasteiger partial charge >= 0.3 is 6.09 Å². The molecule has 3 unspecified atom stereocenters. The van der Waals surface area contributed by atoms with Crippen LogP contribution in [0.2, 0.25) is 0 Å². The number of hydrogen-bond acceptors (Lipinski definition) is 4. The minimum atomic E-state index is -1.41. The van der Waals surface area contributed by atoms with Crippen LogP contribution < -0.4 is 5.32 Å². The highest BCUT2D eigenvalue weighted by Gasteiger charge is 2.47. The summed E-state index contributed by atoms with van der Waals surface area (Å²) in [5.41, 5.74) is 1.68. The van der Waals surface area contributed by atoms with Crippen LogP contribution in [0.25, 0.3) is 10.9 Å². The summed E-state index contributed by atoms with van der Waals surface area (Å²) < 4.78 is 0. The zero-order valence-corrected chi connectivity index (χ0v) is 17.1. The van der Waals surface area contributed by atoms with E-state index in [1.165, 1.54) is 0 Å². The summed E-state index contributed by atoms with van der Waals surface area (Å²) in [6, 6.07) is 15.4. The van der Waals surface area contributed by atoms with Gasteiger partial charge in [0.2, 0.25) is 5.91 Å². The Hall–Kier alpha value is -3.36. The van der Waals surface area contributed by atoms with Gasteiger partial charge in [0.05, 0.1) is 19.2 Å². The molecule has 1 aliphatic heterocycles. The van der Waals surface area contributed by atoms with Crippen molar-refractivity contribution in [3.8, 4) is 0 Å². The summed E-state index contributed by atoms with van der Waals surface area (Å²) in [6.07, 6.45) is -2.18. The number of H-pyrrole nitrogens is 1. The van der Waals surface area contributed by atoms with Crippen LogP contribution in [-0.4, -0.2) is 55.4 Å². The molecule has 8 nitrogen and oxygen atoms in total. The molecule has 2 amide bonds. The van der Waals surface area contributed by atoms with E-state index < -0.39 is 36.3 Å². The first-order valence-electron chi connectivity index (χ1n) is 10.1. The summed E-state index contributed by atoms with van der Waals surface area (Å²) in [5.74, 6) is -0.570. The maximum absolute atomic E-state index is 13.4. The summed E-state index contributed by atoms with van der Waals surface area (Å²) in [7, 11) is 0. The summed E-state index contributed by atoms with van der Waals surface area (Å²) >= 11 is 0. The number of fused-ring (bicyclic) bond motifs is 3. The molecule has 31 heavy (non-hydrogen) atoms. The molecule has 2 heterocycles. The molecule has 162 valence electrons. The summed E-state index contributed by atoms with van der Waals surface area (Å²) in [4.78, 5) is 29.8. The number of aliphatic hydroxyl groups excluding tert-OH is 2. The Bertz CT molecular complexity index is 1110. The lowest BCUT2D eigenvalue weighted by molar-refractivity contribution is -0.134. The topological polar surface area (TPSA) is 126 Å². The van der Waals surface area contributed by atoms with E-state index in [0.29, 0.717) is 5.56 Å². The molecular formula is C23H25N3O5. The lowest BCUT2D eigenvalue weighted by atomic mass is 9.84. The number of carbonyl (C=O) groups excluding carboxylic acids is 1. The number of aromatic nitrogens is 1. The van der Waals surface area contributed by atoms with E-state index in [2.05, 4.69) is 10.3 Å². The van der Waals surface area contributed by atoms with Gasteiger partial charge in [-0.3, -0.25) is 9.69 Å². The van der Waals surface area contributed by atoms with E-state index in [0.717, 1.165) is 27.1 Å². The third-order valence-corrected chi connectivity index (χ3v) is 6.09. The van der Waals surface area contributed by atoms with Crippen LogP contribution in [0.5, 0.6) is 0 Å². The van der Waals surface area contributed by atoms with Gasteiger partial charge in [-0.25, -0.2) is 4.79 Å². The largest absolute Gasteiger partial charge is 0.465 e. The van der Waals surface area contributed by atoms with Crippen LogP contribution in [0.15, 0.2) is 54.6 Å². The SMILES string of the molecule is CC1(C(=O)NC(CO)C(O)c2ccccc2)Cc2c([nH]c3ccccc23)CN1C(=O)O. The highest BCUT2D eigenvalue weighted by Crippen LogP contribution is 2.36. The Morgan fingerprint density at radius 1 is 1.16 bits per heavy atom. The first-order valence-corrected chi connectivity index (χ1v) is 10.1. The number of nitrogens with one attached hydrogen (secondary N) is 2. The Labute approximate surface area is 179 Å². The fraction of sp³-hybridized carbons (Fsp3) is 0.304. The molecule has 0 aliphatic carbocycles. The first-order chi connectivity index (χ1) is 14.8. The number of rotatable bonds is 5. The van der Waals surface area contributed by atoms with Gasteiger partial charge < -0.3 is 25.6 Å². The first kappa shape index (κ1) is 20.9. The van der Waals surface area contributed by atoms with Crippen molar-refractivity contribution in [1.29, 1.82) is 0 Å². The summed E-state index contributed by atoms with van der Waals surface area (Å²) in [6.45, 7) is 1.11. The van der Waals surface area contributed by atoms with Gasteiger partial charge in [-0.2, -0.15) is 0 Å². The van der Waals surface area contributed by atoms with Gasteiger partial charge in [-0.1, -0.05) is 48.5 Å². The van der Waals surface area contributed by atoms with Gasteiger partial charge in [-0.05, 0) is 24.1 Å². The van der Waals surface area contributed by atoms with E-state index in [4.69, 9.17) is 0 Å². The smallest absolute Gasteiger partial charge is 0.408 e. The van der Waals surface area contributed by atoms with E-state index in [1.807, 2.05) is 24.3 Å². The predicted octanol–water partition coefficient (Wildman–Crippen LogP) is 2.17. The normalized spacial score (nSPS) is 20.2. The number of hydrogen-bond donors (Lipinski definition) is 5. The predicted molar refractivity (Wildman–Crippen MR) is 114 cm³/mol. The standard InChI is InChI=1S/C23H25N3O5/c1-23(21(29)25-19(13-27)20(28)14-7-3-2-4-8-14)11-16-15-9-5-6-10-17(15)24-18(16)12-26(23)22(30)31/h2-10,19-20,24,27-28H,11-13H2,1H3,(H,25,29)(H,30,31). The van der Waals surface area contributed by atoms with Crippen LogP contribution in [0.4, 0.5) is 4.79 Å². The van der Waals surface area contributed by atoms with Gasteiger partial charge in [0, 0.05) is 23.0 Å². The minimum absolute atomic E-state index is 0.0360. The lowest BCUT2D eigenvalue weighted by Gasteiger charge is -2.42. The fourth-order valence-electron chi connectivity index (χ4n) is 4.28. The maximum atomic E-state index is 13.4. The molecule has 0 saturated heterocycles. The van der Waals surface area contributed by atoms with Crippen LogP contribution in [0, 0.1) is 0 Å². The third-order valence-electron chi connectivity index (χ3n) is 6.09. The molecule has 3 aromatic rings. The van der Waals surface area contributed by atoms with Crippen molar-refractivity contribution < 1.29 is 24.9 Å². The highest BCUT2D eigenvalue weighted by molar-refractivity contribution is 5.93. The molecule has 0 spiro atoms. The van der Waals surface area contributed by atoms with E-state index >= 15 is 0 Å². The molecule has 0 fully saturated rings. The number of benzene rings is 2. The second kappa shape index (κ2) is 8.05. The molecule has 1 aliphatic rings. The van der Waals surface area contributed by atoms with Crippen molar-refractivity contribution in [3.05, 3.63) is 71.4 Å². The second-order valence-corrected chi connectivity index (χ2v) is 8.07. The number of para-hydroxylation sites is 1. The molecule has 0 bridgehead atoms. The van der Waals surface area contributed by atoms with Crippen molar-refractivity contribution >= 4 is 22.9 Å². The lowest BCUT2D eigenvalue weighted by Crippen LogP contribution is -2.63. The van der Waals surface area contributed by atoms with Crippen molar-refractivity contribution in [2.24, 2.45) is 0 Å². The van der Waals surface area contributed by atoms with Gasteiger partial charge in [0.15, 0.2) is 0 Å². The van der Waals surface area contributed by atoms with Crippen molar-refractivity contribution in [2.75, 3.05) is 6.61 Å². The average Bonchev–Trinajstić information content (AvgIpc) is 3.14. The third kappa shape index (κ3) is 3.64. The molecular weight excluding hydrogens is 398 g/mol. The average molecular weight is 423 g/mol. The van der Waals surface area contributed by atoms with E-state index in [1.54, 1.807) is 37.3 Å². The quantitative estimate of drug-likeness (QED) is 0.430. The number of carboxylic acid groups (broad SMARTS) is 1. The zero-order valence-electron chi connectivity index (χ0n) is 17.1. The number of carbonyl (C=O) groups is 2. The number of amides is 2. The maximum Gasteiger partial charge on any atom is 0.408 e. The zero-order chi connectivity index (χ0) is 22.2. The number of aromatic amines is 1. The molecule has 4 rings (SSSR count). The monoisotopic (exact) mass is 423 g/mol. The highest BCUT2D eigenvalue weighted by atomic mass is 16.4. The van der Waals surface area contributed by atoms with Gasteiger partial charge in [0.1, 0.15) is 11.6 Å². The van der Waals surface area contributed by atoms with Gasteiger partial charge in [0.25, 0.3) is 0 Å². The van der Waals surface area contributed by atoms with E-state index in [-0.39, 0.29) is 13.0 Å². The minimum Gasteiger partial charge on any atom is -0.465 e. The fourth-order valence-corrected chi connectivity index (χ4v) is 4.28. The Morgan fingerprint density at radius 2 is 1.84 bits per heavy atom. The van der Waals surface area contributed by atoms with E-state index in [9.17, 15) is 24.9 Å². The summed E-state index contributed by atoms with van der Waals surface area (Å²) in [5, 5.41) is 33.9. The molecule has 8 heteroatoms. The molecule has 0 radical (unpaired) electrons. The Kier molecular flexibility index (Phi) is 5.43. The number of aliphatic hydroxyl groups is 2. The van der Waals surface area contributed by atoms with Crippen LogP contribution in [-0.2, 0) is 17.8 Å². The van der Waals surface area contributed by atoms with Crippen molar-refractivity contribution in [1.82, 2.24) is 15.2 Å². The molecule has 1 aromatic heterocycles. The van der Waals surface area contributed by atoms with Crippen molar-refractivity contribution in [3.63, 3.8) is 0 Å². The van der Waals surface area contributed by atoms with Crippen LogP contribution >= 0.6 is 0 Å². The molecule has 3 atom stereocenters. The Morgan fingerprint density at radius 3 is 2.52 bits per heavy atom. The molecule has 5 N–H and O–H groups in total. The second-order valence-electron chi connectivity index (χ2n) is 8.07. The van der Waals surface area contributed by atoms with Crippen LogP contribution in [0.3, 0.4) is 0 Å². The van der Waals surface area contributed by atoms with Gasteiger partial charge in [-0.15, -0.1) is 0 Å². The molecule has 2 aromatic carbocycles. The molecule has 0 saturated carbocycles. The van der Waals surface area contributed by atoms with Crippen LogP contribution in [0.1, 0.15) is 29.8 Å².